The van der Waals surface area contributed by atoms with Crippen LogP contribution in [0, 0.1) is 34.5 Å². The molecule has 4 N–H and O–H groups in total. The number of carbonyl (C=O) groups excluding carboxylic acids is 1. The van der Waals surface area contributed by atoms with Gasteiger partial charge in [-0.3, -0.25) is 0 Å². The van der Waals surface area contributed by atoms with E-state index in [1.165, 1.54) is 7.11 Å². The van der Waals surface area contributed by atoms with Gasteiger partial charge in [0.1, 0.15) is 29.5 Å². The van der Waals surface area contributed by atoms with Crippen LogP contribution in [0.2, 0.25) is 0 Å². The monoisotopic (exact) mass is 589 g/mol. The minimum atomic E-state index is -1.86. The Morgan fingerprint density at radius 1 is 1.00 bits per heavy atom. The number of methoxy groups -OCH3 is 4. The second-order valence-electron chi connectivity index (χ2n) is 13.7. The summed E-state index contributed by atoms with van der Waals surface area (Å²) in [5.74, 6) is -2.96. The molecule has 5 aliphatic carbocycles. The molecule has 7 bridgehead atoms. The van der Waals surface area contributed by atoms with Crippen LogP contribution in [0.25, 0.3) is 0 Å². The van der Waals surface area contributed by atoms with Crippen LogP contribution in [-0.2, 0) is 23.7 Å². The molecule has 7 rings (SSSR count). The number of fused-ring (bicyclic) bond motifs is 2. The predicted octanol–water partition coefficient (Wildman–Crippen LogP) is -0.313. The van der Waals surface area contributed by atoms with Gasteiger partial charge in [0.15, 0.2) is 0 Å². The van der Waals surface area contributed by atoms with Gasteiger partial charge in [-0.15, -0.1) is 0 Å². The van der Waals surface area contributed by atoms with Crippen LogP contribution < -0.4 is 0 Å². The Balaban J connectivity index is 1.47. The first-order chi connectivity index (χ1) is 20.0. The third-order valence-corrected chi connectivity index (χ3v) is 12.6. The van der Waals surface area contributed by atoms with Crippen LogP contribution in [0.4, 0.5) is 0 Å². The zero-order valence-electron chi connectivity index (χ0n) is 24.8. The third kappa shape index (κ3) is 3.05. The molecule has 1 saturated heterocycles. The summed E-state index contributed by atoms with van der Waals surface area (Å²) in [5, 5.41) is 49.4. The Morgan fingerprint density at radius 3 is 2.33 bits per heavy atom. The molecule has 6 fully saturated rings. The molecule has 11 heteroatoms. The molecular weight excluding hydrogens is 546 g/mol. The van der Waals surface area contributed by atoms with Crippen molar-refractivity contribution in [1.29, 1.82) is 0 Å². The van der Waals surface area contributed by atoms with E-state index >= 15 is 0 Å². The van der Waals surface area contributed by atoms with E-state index in [9.17, 15) is 25.2 Å². The molecule has 15 atom stereocenters. The largest absolute Gasteiger partial charge is 0.455 e. The molecule has 1 aliphatic heterocycles. The molecule has 6 aliphatic rings. The Morgan fingerprint density at radius 2 is 1.71 bits per heavy atom. The number of hydrogen-bond donors (Lipinski definition) is 4. The van der Waals surface area contributed by atoms with E-state index in [1.807, 2.05) is 7.05 Å². The lowest BCUT2D eigenvalue weighted by molar-refractivity contribution is -0.318. The molecule has 0 unspecified atom stereocenters. The summed E-state index contributed by atoms with van der Waals surface area (Å²) in [7, 11) is 8.22. The van der Waals surface area contributed by atoms with E-state index in [-0.39, 0.29) is 25.0 Å². The minimum absolute atomic E-state index is 0.102. The van der Waals surface area contributed by atoms with Gasteiger partial charge in [-0.05, 0) is 31.5 Å². The lowest BCUT2D eigenvalue weighted by Crippen LogP contribution is -2.80. The van der Waals surface area contributed by atoms with Gasteiger partial charge in [0, 0.05) is 76.0 Å². The van der Waals surface area contributed by atoms with E-state index in [4.69, 9.17) is 23.7 Å². The Bertz CT molecular complexity index is 1240. The van der Waals surface area contributed by atoms with Gasteiger partial charge in [-0.1, -0.05) is 18.2 Å². The quantitative estimate of drug-likeness (QED) is 0.311. The van der Waals surface area contributed by atoms with Gasteiger partial charge < -0.3 is 49.0 Å². The van der Waals surface area contributed by atoms with Gasteiger partial charge in [-0.25, -0.2) is 4.79 Å². The van der Waals surface area contributed by atoms with Crippen LogP contribution in [0.5, 0.6) is 0 Å². The van der Waals surface area contributed by atoms with Gasteiger partial charge in [-0.2, -0.15) is 0 Å². The lowest BCUT2D eigenvalue weighted by atomic mass is 9.42. The number of aliphatic hydroxyl groups is 4. The fourth-order valence-corrected chi connectivity index (χ4v) is 11.8. The molecule has 0 aromatic heterocycles. The summed E-state index contributed by atoms with van der Waals surface area (Å²) >= 11 is 0. The molecule has 11 nitrogen and oxygen atoms in total. The number of piperidine rings is 1. The van der Waals surface area contributed by atoms with Crippen LogP contribution in [-0.4, -0.2) is 134 Å². The van der Waals surface area contributed by atoms with Crippen molar-refractivity contribution in [3.8, 4) is 0 Å². The molecular formula is C31H43NO10. The van der Waals surface area contributed by atoms with Gasteiger partial charge >= 0.3 is 5.97 Å². The number of hydrogen-bond acceptors (Lipinski definition) is 11. The van der Waals surface area contributed by atoms with E-state index in [2.05, 4.69) is 4.90 Å². The molecule has 232 valence electrons. The maximum absolute atomic E-state index is 13.5. The van der Waals surface area contributed by atoms with Crippen molar-refractivity contribution in [2.24, 2.45) is 34.5 Å². The number of aliphatic hydroxyl groups excluding tert-OH is 2. The zero-order chi connectivity index (χ0) is 30.0. The first-order valence-corrected chi connectivity index (χ1v) is 14.9. The van der Waals surface area contributed by atoms with Crippen molar-refractivity contribution in [1.82, 2.24) is 4.90 Å². The van der Waals surface area contributed by atoms with Gasteiger partial charge in [0.25, 0.3) is 0 Å². The summed E-state index contributed by atoms with van der Waals surface area (Å²) in [6.45, 7) is 0.760. The van der Waals surface area contributed by atoms with E-state index < -0.39 is 82.4 Å². The maximum Gasteiger partial charge on any atom is 0.338 e. The van der Waals surface area contributed by atoms with Gasteiger partial charge in [0.2, 0.25) is 0 Å². The molecule has 0 radical (unpaired) electrons. The maximum atomic E-state index is 13.5. The van der Waals surface area contributed by atoms with Crippen LogP contribution in [0.15, 0.2) is 30.3 Å². The SMILES string of the molecule is COC[C@]12CN(C)[C@H]3[C@@H]4[C@H](OC)[C@H]1[C@@]3([C@@H](OC)C[C@H]2O)[C@@H]1C[C@@]2(O)[C@H](OC(=O)c3ccccc3)[C@@H]1[C@]4(O)[C@@H](O)[C@@H]2OC. The van der Waals surface area contributed by atoms with E-state index in [0.29, 0.717) is 18.5 Å². The topological polar surface area (TPSA) is 147 Å². The van der Waals surface area contributed by atoms with Crippen LogP contribution >= 0.6 is 0 Å². The molecule has 1 aromatic carbocycles. The summed E-state index contributed by atoms with van der Waals surface area (Å²) in [6, 6.07) is 8.22. The smallest absolute Gasteiger partial charge is 0.338 e. The predicted molar refractivity (Wildman–Crippen MR) is 146 cm³/mol. The summed E-state index contributed by atoms with van der Waals surface area (Å²) in [4.78, 5) is 15.7. The van der Waals surface area contributed by atoms with Crippen molar-refractivity contribution >= 4 is 5.97 Å². The third-order valence-electron chi connectivity index (χ3n) is 12.6. The molecule has 5 saturated carbocycles. The lowest BCUT2D eigenvalue weighted by Gasteiger charge is -2.69. The van der Waals surface area contributed by atoms with Crippen molar-refractivity contribution in [3.05, 3.63) is 35.9 Å². The summed E-state index contributed by atoms with van der Waals surface area (Å²) in [5.41, 5.74) is -4.81. The highest BCUT2D eigenvalue weighted by molar-refractivity contribution is 5.89. The molecule has 1 spiro atoms. The average Bonchev–Trinajstić information content (AvgIpc) is 3.37. The molecule has 1 aromatic rings. The standard InChI is InChI=1S/C31H43NO10/c1-32-13-28(14-38-2)17(33)11-18(39-3)30-16-12-29(36)25(42-27(35)15-9-7-6-8-10-15)19(16)31(37,24(34)26(29)41-5)20(23(30)32)21(40-4)22(28)30/h6-10,16-26,33-34,36-37H,11-14H2,1-5H3/t16-,17-,18+,19-,20+,21+,22-,23+,24+,25-,26+,28+,29-,30+,31-/m1/s1. The number of rotatable bonds is 7. The Kier molecular flexibility index (Phi) is 6.52. The first kappa shape index (κ1) is 29.1. The minimum Gasteiger partial charge on any atom is -0.455 e. The number of likely N-dealkylation sites (tertiary alicyclic amines) is 1. The summed E-state index contributed by atoms with van der Waals surface area (Å²) < 4.78 is 30.3. The van der Waals surface area contributed by atoms with Crippen molar-refractivity contribution in [2.75, 3.05) is 48.6 Å². The highest BCUT2D eigenvalue weighted by Crippen LogP contribution is 2.80. The second kappa shape index (κ2) is 9.42. The van der Waals surface area contributed by atoms with Crippen molar-refractivity contribution in [3.63, 3.8) is 0 Å². The molecule has 0 amide bonds. The fraction of sp³-hybridized carbons (Fsp3) is 0.774. The van der Waals surface area contributed by atoms with E-state index in [1.54, 1.807) is 51.7 Å². The second-order valence-corrected chi connectivity index (χ2v) is 13.7. The fourth-order valence-electron chi connectivity index (χ4n) is 11.8. The Hall–Kier alpha value is -1.67. The summed E-state index contributed by atoms with van der Waals surface area (Å²) in [6.07, 6.45) is -5.28. The number of nitrogens with zero attached hydrogens (tertiary/aromatic N) is 1. The molecule has 42 heavy (non-hydrogen) atoms. The number of ether oxygens (including phenoxy) is 5. The average molecular weight is 590 g/mol. The number of carbonyl (C=O) groups is 1. The Labute approximate surface area is 245 Å². The number of benzene rings is 1. The van der Waals surface area contributed by atoms with Crippen LogP contribution in [0.1, 0.15) is 23.2 Å². The van der Waals surface area contributed by atoms with Crippen molar-refractivity contribution < 1.29 is 48.9 Å². The molecule has 1 heterocycles. The highest BCUT2D eigenvalue weighted by atomic mass is 16.6. The van der Waals surface area contributed by atoms with Crippen molar-refractivity contribution in [2.45, 2.75) is 66.7 Å². The zero-order valence-corrected chi connectivity index (χ0v) is 24.8. The number of esters is 1. The van der Waals surface area contributed by atoms with E-state index in [0.717, 1.165) is 0 Å². The highest BCUT2D eigenvalue weighted by Gasteiger charge is 2.91. The first-order valence-electron chi connectivity index (χ1n) is 14.9. The normalized spacial score (nSPS) is 53.7. The van der Waals surface area contributed by atoms with Crippen LogP contribution in [0.3, 0.4) is 0 Å². The van der Waals surface area contributed by atoms with Gasteiger partial charge in [0.05, 0.1) is 30.5 Å².